The predicted molar refractivity (Wildman–Crippen MR) is 97.8 cm³/mol. The Bertz CT molecular complexity index is 578. The van der Waals surface area contributed by atoms with Crippen LogP contribution in [0.4, 0.5) is 5.82 Å². The van der Waals surface area contributed by atoms with Gasteiger partial charge in [0, 0.05) is 27.2 Å². The number of carbonyl (C=O) groups excluding carboxylic acids is 1. The van der Waals surface area contributed by atoms with Gasteiger partial charge in [0.25, 0.3) is 5.91 Å². The van der Waals surface area contributed by atoms with Gasteiger partial charge in [-0.25, -0.2) is 4.98 Å². The smallest absolute Gasteiger partial charge is 0.256 e. The van der Waals surface area contributed by atoms with Crippen LogP contribution in [-0.2, 0) is 0 Å². The van der Waals surface area contributed by atoms with Crippen molar-refractivity contribution in [3.05, 3.63) is 22.8 Å². The van der Waals surface area contributed by atoms with Crippen LogP contribution in [0.15, 0.2) is 12.1 Å². The first kappa shape index (κ1) is 17.5. The van der Waals surface area contributed by atoms with Gasteiger partial charge in [-0.05, 0) is 62.7 Å². The Kier molecular flexibility index (Phi) is 5.61. The Morgan fingerprint density at radius 2 is 1.79 bits per heavy atom. The maximum absolute atomic E-state index is 12.1. The SMILES string of the molecule is CN(C)C(=O)c1ccc(N2CCC(C3CCNCC3)CC2)nc1Cl. The summed E-state index contributed by atoms with van der Waals surface area (Å²) in [7, 11) is 3.44. The molecule has 0 atom stereocenters. The first-order valence-electron chi connectivity index (χ1n) is 8.90. The summed E-state index contributed by atoms with van der Waals surface area (Å²) in [5, 5.41) is 3.75. The molecule has 0 aromatic carbocycles. The van der Waals surface area contributed by atoms with E-state index in [0.717, 1.165) is 30.7 Å². The van der Waals surface area contributed by atoms with E-state index in [0.29, 0.717) is 10.7 Å². The lowest BCUT2D eigenvalue weighted by molar-refractivity contribution is 0.0827. The average molecular weight is 351 g/mol. The molecule has 2 fully saturated rings. The Morgan fingerprint density at radius 1 is 1.17 bits per heavy atom. The van der Waals surface area contributed by atoms with E-state index in [2.05, 4.69) is 15.2 Å². The predicted octanol–water partition coefficient (Wildman–Crippen LogP) is 2.65. The highest BCUT2D eigenvalue weighted by Crippen LogP contribution is 2.32. The van der Waals surface area contributed by atoms with E-state index in [4.69, 9.17) is 11.6 Å². The monoisotopic (exact) mass is 350 g/mol. The molecule has 2 saturated heterocycles. The van der Waals surface area contributed by atoms with Crippen molar-refractivity contribution in [3.8, 4) is 0 Å². The van der Waals surface area contributed by atoms with Crippen molar-refractivity contribution in [1.82, 2.24) is 15.2 Å². The van der Waals surface area contributed by atoms with Crippen molar-refractivity contribution in [2.75, 3.05) is 45.2 Å². The van der Waals surface area contributed by atoms with Crippen LogP contribution in [0.25, 0.3) is 0 Å². The molecule has 0 bridgehead atoms. The van der Waals surface area contributed by atoms with Crippen LogP contribution < -0.4 is 10.2 Å². The second-order valence-electron chi connectivity index (χ2n) is 7.12. The normalized spacial score (nSPS) is 20.2. The zero-order valence-electron chi connectivity index (χ0n) is 14.6. The lowest BCUT2D eigenvalue weighted by atomic mass is 9.79. The molecule has 3 heterocycles. The molecule has 0 unspecified atom stereocenters. The highest BCUT2D eigenvalue weighted by molar-refractivity contribution is 6.32. The lowest BCUT2D eigenvalue weighted by Gasteiger charge is -2.38. The molecule has 0 radical (unpaired) electrons. The second kappa shape index (κ2) is 7.70. The van der Waals surface area contributed by atoms with Gasteiger partial charge in [-0.2, -0.15) is 0 Å². The van der Waals surface area contributed by atoms with Crippen molar-refractivity contribution < 1.29 is 4.79 Å². The van der Waals surface area contributed by atoms with Crippen LogP contribution in [0.1, 0.15) is 36.0 Å². The molecule has 5 nitrogen and oxygen atoms in total. The molecule has 0 saturated carbocycles. The molecule has 1 aromatic heterocycles. The van der Waals surface area contributed by atoms with Gasteiger partial charge in [-0.15, -0.1) is 0 Å². The van der Waals surface area contributed by atoms with Crippen LogP contribution in [0.2, 0.25) is 5.15 Å². The van der Waals surface area contributed by atoms with Crippen LogP contribution in [-0.4, -0.2) is 56.1 Å². The van der Waals surface area contributed by atoms with Gasteiger partial charge in [0.15, 0.2) is 0 Å². The number of hydrogen-bond donors (Lipinski definition) is 1. The molecule has 3 rings (SSSR count). The van der Waals surface area contributed by atoms with Gasteiger partial charge >= 0.3 is 0 Å². The average Bonchev–Trinajstić information content (AvgIpc) is 2.62. The first-order valence-corrected chi connectivity index (χ1v) is 9.28. The Hall–Kier alpha value is -1.33. The van der Waals surface area contributed by atoms with Crippen LogP contribution in [0.5, 0.6) is 0 Å². The molecular formula is C18H27ClN4O. The van der Waals surface area contributed by atoms with Gasteiger partial charge in [0.05, 0.1) is 5.56 Å². The summed E-state index contributed by atoms with van der Waals surface area (Å²) >= 11 is 6.25. The third-order valence-electron chi connectivity index (χ3n) is 5.38. The highest BCUT2D eigenvalue weighted by atomic mass is 35.5. The number of anilines is 1. The third kappa shape index (κ3) is 3.83. The van der Waals surface area contributed by atoms with Gasteiger partial charge in [-0.3, -0.25) is 4.79 Å². The molecular weight excluding hydrogens is 324 g/mol. The maximum Gasteiger partial charge on any atom is 0.256 e. The molecule has 1 N–H and O–H groups in total. The molecule has 1 amide bonds. The topological polar surface area (TPSA) is 48.5 Å². The number of nitrogens with zero attached hydrogens (tertiary/aromatic N) is 3. The second-order valence-corrected chi connectivity index (χ2v) is 7.48. The number of pyridine rings is 1. The van der Waals surface area contributed by atoms with Crippen LogP contribution >= 0.6 is 11.6 Å². The quantitative estimate of drug-likeness (QED) is 0.851. The molecule has 2 aliphatic heterocycles. The Balaban J connectivity index is 1.62. The summed E-state index contributed by atoms with van der Waals surface area (Å²) in [4.78, 5) is 20.3. The first-order chi connectivity index (χ1) is 11.6. The fraction of sp³-hybridized carbons (Fsp3) is 0.667. The van der Waals surface area contributed by atoms with E-state index in [1.807, 2.05) is 6.07 Å². The highest BCUT2D eigenvalue weighted by Gasteiger charge is 2.28. The Labute approximate surface area is 149 Å². The van der Waals surface area contributed by atoms with Gasteiger partial charge < -0.3 is 15.1 Å². The van der Waals surface area contributed by atoms with E-state index >= 15 is 0 Å². The minimum Gasteiger partial charge on any atom is -0.357 e. The summed E-state index contributed by atoms with van der Waals surface area (Å²) in [6.45, 7) is 4.39. The van der Waals surface area contributed by atoms with Gasteiger partial charge in [-0.1, -0.05) is 11.6 Å². The van der Waals surface area contributed by atoms with E-state index in [9.17, 15) is 4.79 Å². The summed E-state index contributed by atoms with van der Waals surface area (Å²) in [6.07, 6.45) is 5.08. The minimum absolute atomic E-state index is 0.108. The van der Waals surface area contributed by atoms with E-state index in [1.54, 1.807) is 20.2 Å². The van der Waals surface area contributed by atoms with Crippen molar-refractivity contribution in [2.45, 2.75) is 25.7 Å². The van der Waals surface area contributed by atoms with Crippen molar-refractivity contribution in [1.29, 1.82) is 0 Å². The number of amides is 1. The maximum atomic E-state index is 12.1. The fourth-order valence-corrected chi connectivity index (χ4v) is 4.15. The molecule has 1 aromatic rings. The summed E-state index contributed by atoms with van der Waals surface area (Å²) in [6, 6.07) is 3.72. The van der Waals surface area contributed by atoms with E-state index in [-0.39, 0.29) is 5.91 Å². The van der Waals surface area contributed by atoms with Gasteiger partial charge in [0.2, 0.25) is 0 Å². The van der Waals surface area contributed by atoms with Gasteiger partial charge in [0.1, 0.15) is 11.0 Å². The lowest BCUT2D eigenvalue weighted by Crippen LogP contribution is -2.39. The number of nitrogens with one attached hydrogen (secondary N) is 1. The fourth-order valence-electron chi connectivity index (χ4n) is 3.92. The number of halogens is 1. The number of aromatic nitrogens is 1. The number of rotatable bonds is 3. The Morgan fingerprint density at radius 3 is 2.38 bits per heavy atom. The van der Waals surface area contributed by atoms with Crippen LogP contribution in [0.3, 0.4) is 0 Å². The summed E-state index contributed by atoms with van der Waals surface area (Å²) in [5.41, 5.74) is 0.468. The summed E-state index contributed by atoms with van der Waals surface area (Å²) in [5.74, 6) is 2.50. The molecule has 0 aliphatic carbocycles. The van der Waals surface area contributed by atoms with Crippen LogP contribution in [0, 0.1) is 11.8 Å². The third-order valence-corrected chi connectivity index (χ3v) is 5.67. The molecule has 132 valence electrons. The molecule has 6 heteroatoms. The number of carbonyl (C=O) groups is 1. The van der Waals surface area contributed by atoms with E-state index < -0.39 is 0 Å². The molecule has 2 aliphatic rings. The van der Waals surface area contributed by atoms with Crippen molar-refractivity contribution in [3.63, 3.8) is 0 Å². The largest absolute Gasteiger partial charge is 0.357 e. The van der Waals surface area contributed by atoms with Crippen molar-refractivity contribution in [2.24, 2.45) is 11.8 Å². The van der Waals surface area contributed by atoms with Crippen molar-refractivity contribution >= 4 is 23.3 Å². The molecule has 0 spiro atoms. The number of hydrogen-bond acceptors (Lipinski definition) is 4. The standard InChI is InChI=1S/C18H27ClN4O/c1-22(2)18(24)15-3-4-16(21-17(15)19)23-11-7-14(8-12-23)13-5-9-20-10-6-13/h3-4,13-14,20H,5-12H2,1-2H3. The minimum atomic E-state index is -0.108. The summed E-state index contributed by atoms with van der Waals surface area (Å²) < 4.78 is 0. The zero-order chi connectivity index (χ0) is 17.1. The molecule has 24 heavy (non-hydrogen) atoms. The number of piperidine rings is 2. The zero-order valence-corrected chi connectivity index (χ0v) is 15.4. The van der Waals surface area contributed by atoms with E-state index in [1.165, 1.54) is 43.7 Å².